The number of nitrogens with two attached hydrogens (primary N) is 2. The van der Waals surface area contributed by atoms with Crippen LogP contribution in [-0.4, -0.2) is 23.3 Å². The van der Waals surface area contributed by atoms with E-state index in [1.165, 1.54) is 12.3 Å². The van der Waals surface area contributed by atoms with E-state index in [-0.39, 0.29) is 12.5 Å². The van der Waals surface area contributed by atoms with Gasteiger partial charge in [0.25, 0.3) is 5.91 Å². The largest absolute Gasteiger partial charge is 0.369 e. The number of nitrogen functional groups attached to an aromatic ring is 1. The lowest BCUT2D eigenvalue weighted by Gasteiger charge is -2.20. The summed E-state index contributed by atoms with van der Waals surface area (Å²) in [6, 6.07) is 3.06. The van der Waals surface area contributed by atoms with E-state index in [0.29, 0.717) is 11.4 Å². The van der Waals surface area contributed by atoms with Crippen LogP contribution in [0.3, 0.4) is 0 Å². The van der Waals surface area contributed by atoms with E-state index < -0.39 is 11.3 Å². The number of carbonyl (C=O) groups excluding carboxylic acids is 2. The van der Waals surface area contributed by atoms with Gasteiger partial charge in [0.1, 0.15) is 5.82 Å². The Morgan fingerprint density at radius 2 is 2.11 bits per heavy atom. The van der Waals surface area contributed by atoms with Crippen molar-refractivity contribution in [3.05, 3.63) is 23.9 Å². The zero-order valence-corrected chi connectivity index (χ0v) is 10.4. The van der Waals surface area contributed by atoms with Crippen LogP contribution >= 0.6 is 0 Å². The van der Waals surface area contributed by atoms with Crippen molar-refractivity contribution in [3.8, 4) is 0 Å². The monoisotopic (exact) mass is 251 g/mol. The summed E-state index contributed by atoms with van der Waals surface area (Å²) in [6.45, 7) is 3.49. The van der Waals surface area contributed by atoms with Crippen LogP contribution in [0.5, 0.6) is 0 Å². The molecule has 0 bridgehead atoms. The number of hydrazine groups is 1. The van der Waals surface area contributed by atoms with Gasteiger partial charge in [0, 0.05) is 18.3 Å². The summed E-state index contributed by atoms with van der Waals surface area (Å²) in [4.78, 5) is 26.8. The molecule has 7 heteroatoms. The predicted octanol–water partition coefficient (Wildman–Crippen LogP) is -0.391. The average Bonchev–Trinajstić information content (AvgIpc) is 2.36. The topological polar surface area (TPSA) is 123 Å². The lowest BCUT2D eigenvalue weighted by molar-refractivity contribution is -0.125. The van der Waals surface area contributed by atoms with Gasteiger partial charge in [-0.3, -0.25) is 9.59 Å². The molecule has 0 aliphatic heterocycles. The average molecular weight is 251 g/mol. The van der Waals surface area contributed by atoms with Crippen molar-refractivity contribution in [3.63, 3.8) is 0 Å². The number of rotatable bonds is 5. The first-order valence-electron chi connectivity index (χ1n) is 5.37. The van der Waals surface area contributed by atoms with Gasteiger partial charge in [-0.15, -0.1) is 0 Å². The number of carbonyl (C=O) groups is 2. The smallest absolute Gasteiger partial charge is 0.251 e. The highest BCUT2D eigenvalue weighted by molar-refractivity contribution is 5.95. The number of primary amides is 1. The summed E-state index contributed by atoms with van der Waals surface area (Å²) in [6.07, 6.45) is 1.46. The Hall–Kier alpha value is -2.15. The highest BCUT2D eigenvalue weighted by Gasteiger charge is 2.25. The molecule has 0 atom stereocenters. The highest BCUT2D eigenvalue weighted by atomic mass is 16.2. The van der Waals surface area contributed by atoms with Crippen LogP contribution < -0.4 is 22.3 Å². The fourth-order valence-corrected chi connectivity index (χ4v) is 1.14. The number of hydrogen-bond acceptors (Lipinski definition) is 5. The summed E-state index contributed by atoms with van der Waals surface area (Å²) in [5.74, 6) is 4.80. The molecule has 18 heavy (non-hydrogen) atoms. The first-order valence-corrected chi connectivity index (χ1v) is 5.37. The molecule has 0 unspecified atom stereocenters. The van der Waals surface area contributed by atoms with Gasteiger partial charge in [0.05, 0.1) is 5.41 Å². The number of pyridine rings is 1. The molecule has 0 fully saturated rings. The van der Waals surface area contributed by atoms with Crippen molar-refractivity contribution in [2.45, 2.75) is 13.8 Å². The number of nitrogens with zero attached hydrogens (tertiary/aromatic N) is 1. The second-order valence-corrected chi connectivity index (χ2v) is 4.50. The van der Waals surface area contributed by atoms with E-state index in [2.05, 4.69) is 15.7 Å². The van der Waals surface area contributed by atoms with Crippen LogP contribution in [-0.2, 0) is 4.79 Å². The van der Waals surface area contributed by atoms with E-state index in [1.54, 1.807) is 19.9 Å². The van der Waals surface area contributed by atoms with E-state index in [4.69, 9.17) is 11.6 Å². The van der Waals surface area contributed by atoms with Crippen molar-refractivity contribution in [2.75, 3.05) is 12.0 Å². The predicted molar refractivity (Wildman–Crippen MR) is 67.4 cm³/mol. The van der Waals surface area contributed by atoms with Gasteiger partial charge in [0.2, 0.25) is 5.91 Å². The van der Waals surface area contributed by atoms with Crippen LogP contribution in [0.2, 0.25) is 0 Å². The first-order chi connectivity index (χ1) is 8.36. The minimum atomic E-state index is -0.794. The van der Waals surface area contributed by atoms with Crippen LogP contribution in [0.4, 0.5) is 5.82 Å². The van der Waals surface area contributed by atoms with Gasteiger partial charge in [-0.1, -0.05) is 0 Å². The molecule has 1 rings (SSSR count). The lowest BCUT2D eigenvalue weighted by Crippen LogP contribution is -2.42. The number of nitrogens with one attached hydrogen (secondary N) is 2. The fraction of sp³-hybridized carbons (Fsp3) is 0.364. The van der Waals surface area contributed by atoms with Gasteiger partial charge in [-0.2, -0.15) is 0 Å². The van der Waals surface area contributed by atoms with Gasteiger partial charge in [0.15, 0.2) is 0 Å². The van der Waals surface area contributed by atoms with Crippen molar-refractivity contribution >= 4 is 17.6 Å². The maximum absolute atomic E-state index is 11.8. The minimum Gasteiger partial charge on any atom is -0.369 e. The molecule has 1 aromatic rings. The molecule has 0 radical (unpaired) electrons. The standard InChI is InChI=1S/C11H17N5O2/c1-11(2,10(12)18)6-15-9(17)7-3-4-14-8(5-7)16-13/h3-5H,6,13H2,1-2H3,(H2,12,18)(H,14,16)(H,15,17). The second kappa shape index (κ2) is 5.46. The molecular weight excluding hydrogens is 234 g/mol. The Balaban J connectivity index is 2.68. The molecular formula is C11H17N5O2. The number of aromatic nitrogens is 1. The highest BCUT2D eigenvalue weighted by Crippen LogP contribution is 2.12. The molecule has 0 saturated carbocycles. The van der Waals surface area contributed by atoms with Crippen LogP contribution in [0.1, 0.15) is 24.2 Å². The summed E-state index contributed by atoms with van der Waals surface area (Å²) in [5, 5.41) is 2.64. The number of hydrogen-bond donors (Lipinski definition) is 4. The van der Waals surface area contributed by atoms with Gasteiger partial charge >= 0.3 is 0 Å². The molecule has 98 valence electrons. The van der Waals surface area contributed by atoms with E-state index in [9.17, 15) is 9.59 Å². The van der Waals surface area contributed by atoms with Gasteiger partial charge in [-0.25, -0.2) is 10.8 Å². The van der Waals surface area contributed by atoms with Crippen molar-refractivity contribution in [1.29, 1.82) is 0 Å². The maximum Gasteiger partial charge on any atom is 0.251 e. The zero-order chi connectivity index (χ0) is 13.8. The summed E-state index contributed by atoms with van der Waals surface area (Å²) < 4.78 is 0. The quantitative estimate of drug-likeness (QED) is 0.419. The molecule has 0 aliphatic carbocycles. The van der Waals surface area contributed by atoms with Crippen LogP contribution in [0.15, 0.2) is 18.3 Å². The Morgan fingerprint density at radius 1 is 1.44 bits per heavy atom. The summed E-state index contributed by atoms with van der Waals surface area (Å²) in [5.41, 5.74) is 7.17. The summed E-state index contributed by atoms with van der Waals surface area (Å²) in [7, 11) is 0. The van der Waals surface area contributed by atoms with Crippen LogP contribution in [0.25, 0.3) is 0 Å². The van der Waals surface area contributed by atoms with E-state index in [1.807, 2.05) is 0 Å². The van der Waals surface area contributed by atoms with Gasteiger partial charge in [-0.05, 0) is 26.0 Å². The third kappa shape index (κ3) is 3.42. The number of anilines is 1. The Kier molecular flexibility index (Phi) is 4.22. The molecule has 1 aromatic heterocycles. The Morgan fingerprint density at radius 3 is 2.67 bits per heavy atom. The summed E-state index contributed by atoms with van der Waals surface area (Å²) >= 11 is 0. The van der Waals surface area contributed by atoms with E-state index >= 15 is 0 Å². The molecule has 0 aliphatic rings. The van der Waals surface area contributed by atoms with Crippen molar-refractivity contribution in [1.82, 2.24) is 10.3 Å². The molecule has 0 aromatic carbocycles. The Bertz CT molecular complexity index is 459. The number of amides is 2. The SMILES string of the molecule is CC(C)(CNC(=O)c1ccnc(NN)c1)C(N)=O. The van der Waals surface area contributed by atoms with E-state index in [0.717, 1.165) is 0 Å². The molecule has 1 heterocycles. The third-order valence-corrected chi connectivity index (χ3v) is 2.53. The first kappa shape index (κ1) is 13.9. The lowest BCUT2D eigenvalue weighted by atomic mass is 9.92. The third-order valence-electron chi connectivity index (χ3n) is 2.53. The zero-order valence-electron chi connectivity index (χ0n) is 10.4. The van der Waals surface area contributed by atoms with Crippen LogP contribution in [0, 0.1) is 5.41 Å². The maximum atomic E-state index is 11.8. The Labute approximate surface area is 105 Å². The normalized spacial score (nSPS) is 10.8. The van der Waals surface area contributed by atoms with Crippen molar-refractivity contribution < 1.29 is 9.59 Å². The minimum absolute atomic E-state index is 0.162. The molecule has 6 N–H and O–H groups in total. The van der Waals surface area contributed by atoms with Crippen molar-refractivity contribution in [2.24, 2.45) is 17.0 Å². The molecule has 0 saturated heterocycles. The second-order valence-electron chi connectivity index (χ2n) is 4.50. The molecule has 7 nitrogen and oxygen atoms in total. The fourth-order valence-electron chi connectivity index (χ4n) is 1.14. The molecule has 0 spiro atoms. The van der Waals surface area contributed by atoms with Gasteiger partial charge < -0.3 is 16.5 Å². The molecule has 2 amide bonds.